The van der Waals surface area contributed by atoms with Gasteiger partial charge >= 0.3 is 5.69 Å². The normalized spacial score (nSPS) is 11.1. The maximum atomic E-state index is 12.0. The fourth-order valence-electron chi connectivity index (χ4n) is 2.28. The van der Waals surface area contributed by atoms with Crippen LogP contribution in [-0.2, 0) is 13.0 Å². The van der Waals surface area contributed by atoms with Gasteiger partial charge in [0.25, 0.3) is 5.56 Å². The summed E-state index contributed by atoms with van der Waals surface area (Å²) in [5.41, 5.74) is -0.402. The van der Waals surface area contributed by atoms with E-state index in [9.17, 15) is 14.4 Å². The van der Waals surface area contributed by atoms with E-state index >= 15 is 0 Å². The molecule has 2 rings (SSSR count). The van der Waals surface area contributed by atoms with E-state index < -0.39 is 11.2 Å². The molecule has 6 heteroatoms. The molecule has 0 atom stereocenters. The highest BCUT2D eigenvalue weighted by Crippen LogP contribution is 2.09. The minimum atomic E-state index is -0.631. The predicted octanol–water partition coefficient (Wildman–Crippen LogP) is 0.741. The Balaban J connectivity index is 2.85. The lowest BCUT2D eigenvalue weighted by atomic mass is 10.1. The highest BCUT2D eigenvalue weighted by Gasteiger charge is 2.12. The monoisotopic (exact) mass is 263 g/mol. The molecule has 0 fully saturated rings. The van der Waals surface area contributed by atoms with Gasteiger partial charge in [0.15, 0.2) is 5.43 Å². The number of fused-ring (bicyclic) bond motifs is 1. The second kappa shape index (κ2) is 5.26. The molecule has 2 aromatic rings. The molecule has 0 aromatic carbocycles. The summed E-state index contributed by atoms with van der Waals surface area (Å²) in [6.45, 7) is 4.58. The third-order valence-corrected chi connectivity index (χ3v) is 3.19. The smallest absolute Gasteiger partial charge is 0.327 e. The number of H-pyrrole nitrogens is 2. The highest BCUT2D eigenvalue weighted by atomic mass is 16.2. The topological polar surface area (TPSA) is 87.7 Å². The lowest BCUT2D eigenvalue weighted by Gasteiger charge is -2.13. The largest absolute Gasteiger partial charge is 0.331 e. The van der Waals surface area contributed by atoms with Crippen molar-refractivity contribution in [2.24, 2.45) is 0 Å². The van der Waals surface area contributed by atoms with Gasteiger partial charge in [-0.2, -0.15) is 0 Å². The molecule has 2 aromatic heterocycles. The number of aryl methyl sites for hydroxylation is 2. The van der Waals surface area contributed by atoms with Gasteiger partial charge in [-0.3, -0.25) is 19.6 Å². The van der Waals surface area contributed by atoms with E-state index in [-0.39, 0.29) is 10.8 Å². The lowest BCUT2D eigenvalue weighted by molar-refractivity contribution is 0.678. The molecule has 0 bridgehead atoms. The van der Waals surface area contributed by atoms with E-state index in [1.165, 1.54) is 6.07 Å². The van der Waals surface area contributed by atoms with E-state index in [1.54, 1.807) is 0 Å². The second-order valence-electron chi connectivity index (χ2n) is 4.48. The zero-order chi connectivity index (χ0) is 14.0. The first-order valence-corrected chi connectivity index (χ1v) is 6.47. The second-order valence-corrected chi connectivity index (χ2v) is 4.48. The van der Waals surface area contributed by atoms with Crippen molar-refractivity contribution in [1.29, 1.82) is 0 Å². The van der Waals surface area contributed by atoms with Crippen LogP contribution in [0.1, 0.15) is 32.4 Å². The van der Waals surface area contributed by atoms with Gasteiger partial charge in [-0.15, -0.1) is 0 Å². The molecule has 19 heavy (non-hydrogen) atoms. The maximum absolute atomic E-state index is 12.0. The van der Waals surface area contributed by atoms with Crippen LogP contribution in [0.25, 0.3) is 11.0 Å². The van der Waals surface area contributed by atoms with Gasteiger partial charge in [0.1, 0.15) is 11.0 Å². The van der Waals surface area contributed by atoms with Crippen molar-refractivity contribution in [2.45, 2.75) is 39.7 Å². The highest BCUT2D eigenvalue weighted by molar-refractivity contribution is 5.73. The molecule has 0 aliphatic rings. The number of unbranched alkanes of at least 4 members (excludes halogenated alkanes) is 1. The molecule has 2 N–H and O–H groups in total. The Bertz CT molecular complexity index is 767. The third-order valence-electron chi connectivity index (χ3n) is 3.19. The molecule has 0 spiro atoms. The number of aromatic amines is 2. The Morgan fingerprint density at radius 3 is 2.53 bits per heavy atom. The van der Waals surface area contributed by atoms with E-state index in [1.807, 2.05) is 11.5 Å². The quantitative estimate of drug-likeness (QED) is 0.852. The fourth-order valence-corrected chi connectivity index (χ4v) is 2.28. The lowest BCUT2D eigenvalue weighted by Crippen LogP contribution is -2.29. The van der Waals surface area contributed by atoms with Gasteiger partial charge in [0.2, 0.25) is 0 Å². The van der Waals surface area contributed by atoms with Gasteiger partial charge in [-0.1, -0.05) is 13.3 Å². The summed E-state index contributed by atoms with van der Waals surface area (Å²) >= 11 is 0. The van der Waals surface area contributed by atoms with Crippen LogP contribution in [0.2, 0.25) is 0 Å². The minimum absolute atomic E-state index is 0.0155. The van der Waals surface area contributed by atoms with Crippen LogP contribution in [0.5, 0.6) is 0 Å². The summed E-state index contributed by atoms with van der Waals surface area (Å²) < 4.78 is 1.82. The van der Waals surface area contributed by atoms with Crippen molar-refractivity contribution in [3.63, 3.8) is 0 Å². The number of hydrogen-bond donors (Lipinski definition) is 2. The minimum Gasteiger partial charge on any atom is -0.331 e. The van der Waals surface area contributed by atoms with Crippen molar-refractivity contribution in [3.05, 3.63) is 42.8 Å². The SMILES string of the molecule is CCCCc1cc(=O)c2c(=O)[nH]c(=O)[nH]c2n1CC. The molecule has 0 amide bonds. The van der Waals surface area contributed by atoms with Crippen LogP contribution in [0, 0.1) is 0 Å². The number of nitrogens with zero attached hydrogens (tertiary/aromatic N) is 1. The number of hydrogen-bond acceptors (Lipinski definition) is 3. The zero-order valence-electron chi connectivity index (χ0n) is 11.1. The standard InChI is InChI=1S/C13H17N3O3/c1-3-5-6-8-7-9(17)10-11(16(8)4-2)14-13(19)15-12(10)18/h7H,3-6H2,1-2H3,(H2,14,15,18,19). The van der Waals surface area contributed by atoms with Crippen LogP contribution < -0.4 is 16.7 Å². The van der Waals surface area contributed by atoms with E-state index in [4.69, 9.17) is 0 Å². The molecule has 102 valence electrons. The van der Waals surface area contributed by atoms with Crippen LogP contribution >= 0.6 is 0 Å². The first kappa shape index (κ1) is 13.3. The summed E-state index contributed by atoms with van der Waals surface area (Å²) in [5, 5.41) is 0.0155. The Labute approximate surface area is 109 Å². The number of nitrogens with one attached hydrogen (secondary N) is 2. The van der Waals surface area contributed by atoms with Crippen molar-refractivity contribution in [2.75, 3.05) is 0 Å². The van der Waals surface area contributed by atoms with E-state index in [0.29, 0.717) is 12.2 Å². The first-order valence-electron chi connectivity index (χ1n) is 6.47. The molecule has 0 aliphatic carbocycles. The summed E-state index contributed by atoms with van der Waals surface area (Å²) in [4.78, 5) is 39.8. The number of rotatable bonds is 4. The average Bonchev–Trinajstić information content (AvgIpc) is 2.35. The fraction of sp³-hybridized carbons (Fsp3) is 0.462. The Kier molecular flexibility index (Phi) is 3.69. The summed E-state index contributed by atoms with van der Waals surface area (Å²) in [5.74, 6) is 0. The Morgan fingerprint density at radius 2 is 1.89 bits per heavy atom. The van der Waals surface area contributed by atoms with Crippen molar-refractivity contribution < 1.29 is 0 Å². The average molecular weight is 263 g/mol. The Hall–Kier alpha value is -2.11. The van der Waals surface area contributed by atoms with Crippen molar-refractivity contribution >= 4 is 11.0 Å². The third kappa shape index (κ3) is 2.38. The van der Waals surface area contributed by atoms with Gasteiger partial charge in [0.05, 0.1) is 0 Å². The number of aromatic nitrogens is 3. The van der Waals surface area contributed by atoms with E-state index in [0.717, 1.165) is 25.0 Å². The molecule has 0 saturated carbocycles. The molecular weight excluding hydrogens is 246 g/mol. The molecule has 0 radical (unpaired) electrons. The van der Waals surface area contributed by atoms with E-state index in [2.05, 4.69) is 16.9 Å². The van der Waals surface area contributed by atoms with Gasteiger partial charge < -0.3 is 4.57 Å². The van der Waals surface area contributed by atoms with Crippen LogP contribution in [-0.4, -0.2) is 14.5 Å². The zero-order valence-corrected chi connectivity index (χ0v) is 11.1. The van der Waals surface area contributed by atoms with Gasteiger partial charge in [-0.05, 0) is 19.8 Å². The Morgan fingerprint density at radius 1 is 1.16 bits per heavy atom. The maximum Gasteiger partial charge on any atom is 0.327 e. The summed E-state index contributed by atoms with van der Waals surface area (Å²) in [7, 11) is 0. The van der Waals surface area contributed by atoms with Gasteiger partial charge in [0, 0.05) is 18.3 Å². The van der Waals surface area contributed by atoms with Crippen molar-refractivity contribution in [3.8, 4) is 0 Å². The van der Waals surface area contributed by atoms with Crippen LogP contribution in [0.15, 0.2) is 20.4 Å². The molecule has 0 unspecified atom stereocenters. The summed E-state index contributed by atoms with van der Waals surface area (Å²) in [6, 6.07) is 1.50. The van der Waals surface area contributed by atoms with Gasteiger partial charge in [-0.25, -0.2) is 4.79 Å². The molecule has 6 nitrogen and oxygen atoms in total. The first-order chi connectivity index (χ1) is 9.08. The molecular formula is C13H17N3O3. The van der Waals surface area contributed by atoms with Crippen LogP contribution in [0.4, 0.5) is 0 Å². The molecule has 0 aliphatic heterocycles. The molecule has 0 saturated heterocycles. The molecule has 2 heterocycles. The van der Waals surface area contributed by atoms with Crippen molar-refractivity contribution in [1.82, 2.24) is 14.5 Å². The summed E-state index contributed by atoms with van der Waals surface area (Å²) in [6.07, 6.45) is 2.73. The number of pyridine rings is 1. The van der Waals surface area contributed by atoms with Crippen LogP contribution in [0.3, 0.4) is 0 Å². The predicted molar refractivity (Wildman–Crippen MR) is 73.7 cm³/mol.